The van der Waals surface area contributed by atoms with E-state index in [4.69, 9.17) is 0 Å². The highest BCUT2D eigenvalue weighted by atomic mass is 16.2. The van der Waals surface area contributed by atoms with E-state index >= 15 is 0 Å². The molecule has 0 atom stereocenters. The standard InChI is InChI=1S/2C8H5NO2.C3H6/c2*10-7-5-3-1-2-4-6(5)8(11)9-7;1-3-2/h2*1-4H,(H,9,10,11);3H,1H2,2H3. The Labute approximate surface area is 144 Å². The van der Waals surface area contributed by atoms with E-state index in [-0.39, 0.29) is 23.6 Å². The molecule has 0 aliphatic carbocycles. The van der Waals surface area contributed by atoms with Gasteiger partial charge in [0.25, 0.3) is 23.6 Å². The maximum Gasteiger partial charge on any atom is 0.258 e. The van der Waals surface area contributed by atoms with Crippen LogP contribution in [0.3, 0.4) is 0 Å². The highest BCUT2D eigenvalue weighted by Crippen LogP contribution is 2.14. The van der Waals surface area contributed by atoms with Crippen molar-refractivity contribution in [2.75, 3.05) is 0 Å². The highest BCUT2D eigenvalue weighted by molar-refractivity contribution is 6.22. The van der Waals surface area contributed by atoms with Crippen LogP contribution in [0.25, 0.3) is 0 Å². The second-order valence-corrected chi connectivity index (χ2v) is 5.07. The summed E-state index contributed by atoms with van der Waals surface area (Å²) in [4.78, 5) is 43.8. The monoisotopic (exact) mass is 336 g/mol. The molecule has 0 unspecified atom stereocenters. The Bertz CT molecular complexity index is 736. The van der Waals surface area contributed by atoms with E-state index in [9.17, 15) is 19.2 Å². The minimum absolute atomic E-state index is 0.300. The topological polar surface area (TPSA) is 92.3 Å². The van der Waals surface area contributed by atoms with E-state index in [0.717, 1.165) is 0 Å². The van der Waals surface area contributed by atoms with Gasteiger partial charge in [0.1, 0.15) is 0 Å². The number of carbonyl (C=O) groups is 4. The van der Waals surface area contributed by atoms with Crippen molar-refractivity contribution in [1.29, 1.82) is 0 Å². The molecular weight excluding hydrogens is 320 g/mol. The fourth-order valence-electron chi connectivity index (χ4n) is 2.23. The number of hydrogen-bond donors (Lipinski definition) is 2. The summed E-state index contributed by atoms with van der Waals surface area (Å²) in [7, 11) is 0. The Morgan fingerprint density at radius 1 is 0.640 bits per heavy atom. The van der Waals surface area contributed by atoms with E-state index in [2.05, 4.69) is 17.2 Å². The Hall–Kier alpha value is -3.54. The summed E-state index contributed by atoms with van der Waals surface area (Å²) >= 11 is 0. The largest absolute Gasteiger partial charge is 0.288 e. The number of carbonyl (C=O) groups excluding carboxylic acids is 4. The number of imide groups is 2. The molecule has 2 aliphatic rings. The number of allylic oxidation sites excluding steroid dienone is 1. The molecule has 25 heavy (non-hydrogen) atoms. The Morgan fingerprint density at radius 2 is 0.840 bits per heavy atom. The zero-order chi connectivity index (χ0) is 18.4. The van der Waals surface area contributed by atoms with Crippen LogP contribution in [0.2, 0.25) is 0 Å². The zero-order valence-electron chi connectivity index (χ0n) is 13.5. The third kappa shape index (κ3) is 3.87. The fourth-order valence-corrected chi connectivity index (χ4v) is 2.23. The molecule has 0 bridgehead atoms. The summed E-state index contributed by atoms with van der Waals surface area (Å²) in [5.74, 6) is -1.20. The smallest absolute Gasteiger partial charge is 0.258 e. The molecule has 6 heteroatoms. The molecule has 0 aromatic heterocycles. The molecule has 0 radical (unpaired) electrons. The van der Waals surface area contributed by atoms with Crippen LogP contribution in [0.1, 0.15) is 48.4 Å². The van der Waals surface area contributed by atoms with Crippen molar-refractivity contribution in [2.24, 2.45) is 0 Å². The maximum atomic E-state index is 10.9. The predicted molar refractivity (Wildman–Crippen MR) is 92.3 cm³/mol. The lowest BCUT2D eigenvalue weighted by Crippen LogP contribution is -2.19. The number of amides is 4. The van der Waals surface area contributed by atoms with Gasteiger partial charge in [-0.1, -0.05) is 30.3 Å². The molecule has 2 aliphatic heterocycles. The van der Waals surface area contributed by atoms with Crippen molar-refractivity contribution in [3.8, 4) is 0 Å². The van der Waals surface area contributed by atoms with Gasteiger partial charge in [0, 0.05) is 0 Å². The first-order valence-corrected chi connectivity index (χ1v) is 7.46. The number of fused-ring (bicyclic) bond motifs is 2. The molecule has 0 fully saturated rings. The lowest BCUT2D eigenvalue weighted by Gasteiger charge is -1.88. The van der Waals surface area contributed by atoms with Gasteiger partial charge in [-0.15, -0.1) is 6.58 Å². The van der Waals surface area contributed by atoms with Crippen molar-refractivity contribution < 1.29 is 19.2 Å². The van der Waals surface area contributed by atoms with Gasteiger partial charge >= 0.3 is 0 Å². The summed E-state index contributed by atoms with van der Waals surface area (Å²) in [5.41, 5.74) is 1.88. The van der Waals surface area contributed by atoms with Crippen molar-refractivity contribution >= 4 is 23.6 Å². The van der Waals surface area contributed by atoms with Gasteiger partial charge in [-0.3, -0.25) is 29.8 Å². The van der Waals surface area contributed by atoms with Gasteiger partial charge < -0.3 is 0 Å². The van der Waals surface area contributed by atoms with Crippen LogP contribution < -0.4 is 10.6 Å². The normalized spacial score (nSPS) is 13.3. The molecule has 4 rings (SSSR count). The molecule has 6 nitrogen and oxygen atoms in total. The second kappa shape index (κ2) is 7.83. The van der Waals surface area contributed by atoms with Crippen molar-refractivity contribution in [3.63, 3.8) is 0 Å². The van der Waals surface area contributed by atoms with E-state index in [1.807, 2.05) is 6.92 Å². The number of rotatable bonds is 0. The first kappa shape index (κ1) is 17.8. The average Bonchev–Trinajstić information content (AvgIpc) is 3.06. The van der Waals surface area contributed by atoms with E-state index in [0.29, 0.717) is 22.3 Å². The second-order valence-electron chi connectivity index (χ2n) is 5.07. The lowest BCUT2D eigenvalue weighted by atomic mass is 10.1. The molecule has 0 saturated heterocycles. The van der Waals surface area contributed by atoms with Gasteiger partial charge in [-0.2, -0.15) is 0 Å². The van der Waals surface area contributed by atoms with Crippen LogP contribution in [-0.4, -0.2) is 23.6 Å². The van der Waals surface area contributed by atoms with E-state index in [1.165, 1.54) is 0 Å². The van der Waals surface area contributed by atoms with Crippen molar-refractivity contribution in [3.05, 3.63) is 83.4 Å². The summed E-state index contributed by atoms with van der Waals surface area (Å²) in [6, 6.07) is 13.5. The van der Waals surface area contributed by atoms with Crippen LogP contribution in [0, 0.1) is 0 Å². The quantitative estimate of drug-likeness (QED) is 0.570. The minimum Gasteiger partial charge on any atom is -0.288 e. The third-order valence-corrected chi connectivity index (χ3v) is 3.29. The molecule has 4 amide bonds. The van der Waals surface area contributed by atoms with Gasteiger partial charge in [0.2, 0.25) is 0 Å². The van der Waals surface area contributed by atoms with Gasteiger partial charge in [0.15, 0.2) is 0 Å². The van der Waals surface area contributed by atoms with Crippen LogP contribution in [0.4, 0.5) is 0 Å². The number of nitrogens with one attached hydrogen (secondary N) is 2. The van der Waals surface area contributed by atoms with Gasteiger partial charge in [0.05, 0.1) is 22.3 Å². The molecule has 2 aromatic rings. The predicted octanol–water partition coefficient (Wildman–Crippen LogP) is 2.33. The molecule has 2 heterocycles. The zero-order valence-corrected chi connectivity index (χ0v) is 13.5. The summed E-state index contributed by atoms with van der Waals surface area (Å²) in [6.07, 6.45) is 1.75. The Balaban J connectivity index is 0.000000156. The molecule has 2 N–H and O–H groups in total. The van der Waals surface area contributed by atoms with Crippen LogP contribution >= 0.6 is 0 Å². The molecule has 2 aromatic carbocycles. The van der Waals surface area contributed by atoms with Crippen LogP contribution in [-0.2, 0) is 0 Å². The Morgan fingerprint density at radius 3 is 1.04 bits per heavy atom. The SMILES string of the molecule is C=CC.O=C1NC(=O)c2ccccc21.O=C1NC(=O)c2ccccc21. The van der Waals surface area contributed by atoms with Crippen LogP contribution in [0.5, 0.6) is 0 Å². The first-order valence-electron chi connectivity index (χ1n) is 7.46. The van der Waals surface area contributed by atoms with Gasteiger partial charge in [-0.25, -0.2) is 0 Å². The minimum atomic E-state index is -0.300. The molecule has 0 spiro atoms. The fraction of sp³-hybridized carbons (Fsp3) is 0.0526. The van der Waals surface area contributed by atoms with Crippen LogP contribution in [0.15, 0.2) is 61.2 Å². The third-order valence-electron chi connectivity index (χ3n) is 3.29. The number of benzene rings is 2. The van der Waals surface area contributed by atoms with E-state index in [1.54, 1.807) is 54.6 Å². The van der Waals surface area contributed by atoms with Crippen molar-refractivity contribution in [1.82, 2.24) is 10.6 Å². The molecule has 0 saturated carbocycles. The lowest BCUT2D eigenvalue weighted by molar-refractivity contribution is 0.0863. The van der Waals surface area contributed by atoms with E-state index < -0.39 is 0 Å². The number of hydrogen-bond acceptors (Lipinski definition) is 4. The average molecular weight is 336 g/mol. The maximum absolute atomic E-state index is 10.9. The molecule has 126 valence electrons. The molecular formula is C19H16N2O4. The summed E-state index contributed by atoms with van der Waals surface area (Å²) in [6.45, 7) is 5.25. The highest BCUT2D eigenvalue weighted by Gasteiger charge is 2.25. The summed E-state index contributed by atoms with van der Waals surface area (Å²) in [5, 5.41) is 4.41. The Kier molecular flexibility index (Phi) is 5.58. The van der Waals surface area contributed by atoms with Crippen molar-refractivity contribution in [2.45, 2.75) is 6.92 Å². The first-order chi connectivity index (χ1) is 12.0. The van der Waals surface area contributed by atoms with Gasteiger partial charge in [-0.05, 0) is 31.2 Å². The summed E-state index contributed by atoms with van der Waals surface area (Å²) < 4.78 is 0.